The fourth-order valence-corrected chi connectivity index (χ4v) is 4.77. The Hall–Kier alpha value is -3.19. The molecule has 0 saturated carbocycles. The summed E-state index contributed by atoms with van der Waals surface area (Å²) in [6, 6.07) is 10.0. The van der Waals surface area contributed by atoms with E-state index in [4.69, 9.17) is 9.97 Å². The van der Waals surface area contributed by atoms with Crippen molar-refractivity contribution in [1.29, 1.82) is 0 Å². The van der Waals surface area contributed by atoms with Gasteiger partial charge in [0.1, 0.15) is 11.6 Å². The molecule has 0 bridgehead atoms. The van der Waals surface area contributed by atoms with Gasteiger partial charge in [-0.15, -0.1) is 0 Å². The summed E-state index contributed by atoms with van der Waals surface area (Å²) in [5.41, 5.74) is 4.12. The quantitative estimate of drug-likeness (QED) is 0.616. The SMILES string of the molecule is Cc1nc(C2CCCCN2Cc2cccnc2)nc2c1CCC(=O)N2Cc1ccccn1. The van der Waals surface area contributed by atoms with Crippen molar-refractivity contribution in [3.63, 3.8) is 0 Å². The Balaban J connectivity index is 1.48. The number of fused-ring (bicyclic) bond motifs is 1. The van der Waals surface area contributed by atoms with Crippen LogP contribution in [0.25, 0.3) is 0 Å². The highest BCUT2D eigenvalue weighted by molar-refractivity contribution is 5.95. The van der Waals surface area contributed by atoms with Crippen LogP contribution in [-0.4, -0.2) is 37.3 Å². The highest BCUT2D eigenvalue weighted by atomic mass is 16.2. The predicted octanol–water partition coefficient (Wildman–Crippen LogP) is 3.78. The Morgan fingerprint density at radius 1 is 1.03 bits per heavy atom. The van der Waals surface area contributed by atoms with Crippen LogP contribution in [0.5, 0.6) is 0 Å². The van der Waals surface area contributed by atoms with Crippen molar-refractivity contribution in [3.8, 4) is 0 Å². The molecule has 1 unspecified atom stereocenters. The lowest BCUT2D eigenvalue weighted by Gasteiger charge is -2.36. The fraction of sp³-hybridized carbons (Fsp3) is 0.400. The van der Waals surface area contributed by atoms with Crippen LogP contribution in [0, 0.1) is 6.92 Å². The lowest BCUT2D eigenvalue weighted by atomic mass is 9.99. The fourth-order valence-electron chi connectivity index (χ4n) is 4.77. The number of piperidine rings is 1. The molecule has 1 amide bonds. The van der Waals surface area contributed by atoms with Crippen LogP contribution in [0.15, 0.2) is 48.9 Å². The number of hydrogen-bond acceptors (Lipinski definition) is 6. The molecule has 2 aliphatic rings. The van der Waals surface area contributed by atoms with E-state index in [1.54, 1.807) is 17.3 Å². The number of aryl methyl sites for hydroxylation is 1. The Morgan fingerprint density at radius 3 is 2.78 bits per heavy atom. The molecule has 164 valence electrons. The minimum atomic E-state index is 0.100. The largest absolute Gasteiger partial charge is 0.290 e. The summed E-state index contributed by atoms with van der Waals surface area (Å²) in [7, 11) is 0. The maximum absolute atomic E-state index is 12.9. The normalized spacial score (nSPS) is 19.1. The van der Waals surface area contributed by atoms with Gasteiger partial charge in [-0.1, -0.05) is 18.6 Å². The molecule has 0 aliphatic carbocycles. The van der Waals surface area contributed by atoms with Gasteiger partial charge in [-0.05, 0) is 56.5 Å². The van der Waals surface area contributed by atoms with Gasteiger partial charge in [0.05, 0.1) is 18.3 Å². The number of nitrogens with zero attached hydrogens (tertiary/aromatic N) is 6. The molecule has 3 aromatic rings. The third-order valence-electron chi connectivity index (χ3n) is 6.42. The van der Waals surface area contributed by atoms with Crippen molar-refractivity contribution in [1.82, 2.24) is 24.8 Å². The average molecular weight is 429 g/mol. The average Bonchev–Trinajstić information content (AvgIpc) is 2.82. The Kier molecular flexibility index (Phi) is 5.90. The van der Waals surface area contributed by atoms with Crippen molar-refractivity contribution in [2.75, 3.05) is 11.4 Å². The Labute approximate surface area is 188 Å². The molecule has 1 fully saturated rings. The van der Waals surface area contributed by atoms with E-state index >= 15 is 0 Å². The predicted molar refractivity (Wildman–Crippen MR) is 122 cm³/mol. The maximum Gasteiger partial charge on any atom is 0.228 e. The summed E-state index contributed by atoms with van der Waals surface area (Å²) in [4.78, 5) is 35.8. The molecule has 5 rings (SSSR count). The van der Waals surface area contributed by atoms with Gasteiger partial charge in [-0.3, -0.25) is 24.6 Å². The Bertz CT molecular complexity index is 1090. The number of anilines is 1. The molecule has 7 heteroatoms. The molecular weight excluding hydrogens is 400 g/mol. The summed E-state index contributed by atoms with van der Waals surface area (Å²) in [6.07, 6.45) is 10.0. The first kappa shape index (κ1) is 20.7. The number of likely N-dealkylation sites (tertiary alicyclic amines) is 1. The first-order valence-corrected chi connectivity index (χ1v) is 11.4. The third-order valence-corrected chi connectivity index (χ3v) is 6.42. The van der Waals surface area contributed by atoms with Crippen LogP contribution in [0.4, 0.5) is 5.82 Å². The number of carbonyl (C=O) groups excluding carboxylic acids is 1. The molecule has 32 heavy (non-hydrogen) atoms. The molecule has 1 atom stereocenters. The zero-order valence-electron chi connectivity index (χ0n) is 18.4. The number of aromatic nitrogens is 4. The minimum absolute atomic E-state index is 0.100. The number of pyridine rings is 2. The number of rotatable bonds is 5. The number of carbonyl (C=O) groups is 1. The summed E-state index contributed by atoms with van der Waals surface area (Å²) >= 11 is 0. The second kappa shape index (κ2) is 9.12. The minimum Gasteiger partial charge on any atom is -0.290 e. The second-order valence-corrected chi connectivity index (χ2v) is 8.61. The van der Waals surface area contributed by atoms with Crippen molar-refractivity contribution in [2.45, 2.75) is 58.2 Å². The zero-order valence-corrected chi connectivity index (χ0v) is 18.4. The lowest BCUT2D eigenvalue weighted by molar-refractivity contribution is -0.119. The van der Waals surface area contributed by atoms with Gasteiger partial charge < -0.3 is 0 Å². The van der Waals surface area contributed by atoms with Gasteiger partial charge in [-0.25, -0.2) is 9.97 Å². The van der Waals surface area contributed by atoms with Gasteiger partial charge in [0.25, 0.3) is 0 Å². The summed E-state index contributed by atoms with van der Waals surface area (Å²) in [5, 5.41) is 0. The molecule has 0 N–H and O–H groups in total. The molecule has 0 radical (unpaired) electrons. The zero-order chi connectivity index (χ0) is 21.9. The third kappa shape index (κ3) is 4.25. The highest BCUT2D eigenvalue weighted by Crippen LogP contribution is 2.35. The van der Waals surface area contributed by atoms with E-state index in [0.29, 0.717) is 19.4 Å². The second-order valence-electron chi connectivity index (χ2n) is 8.61. The van der Waals surface area contributed by atoms with E-state index < -0.39 is 0 Å². The lowest BCUT2D eigenvalue weighted by Crippen LogP contribution is -2.38. The number of amides is 1. The summed E-state index contributed by atoms with van der Waals surface area (Å²) in [5.74, 6) is 1.69. The van der Waals surface area contributed by atoms with E-state index in [0.717, 1.165) is 54.5 Å². The van der Waals surface area contributed by atoms with Crippen LogP contribution in [-0.2, 0) is 24.3 Å². The molecule has 0 spiro atoms. The molecule has 0 aromatic carbocycles. The van der Waals surface area contributed by atoms with Crippen LogP contribution in [0.2, 0.25) is 0 Å². The first-order chi connectivity index (χ1) is 15.7. The van der Waals surface area contributed by atoms with Crippen molar-refractivity contribution in [3.05, 3.63) is 77.3 Å². The molecule has 5 heterocycles. The van der Waals surface area contributed by atoms with Gasteiger partial charge >= 0.3 is 0 Å². The van der Waals surface area contributed by atoms with Gasteiger partial charge in [0.2, 0.25) is 5.91 Å². The first-order valence-electron chi connectivity index (χ1n) is 11.4. The molecular formula is C25H28N6O. The summed E-state index contributed by atoms with van der Waals surface area (Å²) < 4.78 is 0. The van der Waals surface area contributed by atoms with E-state index in [-0.39, 0.29) is 11.9 Å². The number of hydrogen-bond donors (Lipinski definition) is 0. The van der Waals surface area contributed by atoms with Gasteiger partial charge in [-0.2, -0.15) is 0 Å². The molecule has 3 aromatic heterocycles. The monoisotopic (exact) mass is 428 g/mol. The van der Waals surface area contributed by atoms with Crippen molar-refractivity contribution in [2.24, 2.45) is 0 Å². The summed E-state index contributed by atoms with van der Waals surface area (Å²) in [6.45, 7) is 4.32. The maximum atomic E-state index is 12.9. The van der Waals surface area contributed by atoms with E-state index in [1.807, 2.05) is 37.4 Å². The van der Waals surface area contributed by atoms with Crippen molar-refractivity contribution >= 4 is 11.7 Å². The van der Waals surface area contributed by atoms with Crippen LogP contribution in [0.3, 0.4) is 0 Å². The van der Waals surface area contributed by atoms with Gasteiger partial charge in [0, 0.05) is 42.8 Å². The standard InChI is InChI=1S/C25H28N6O/c1-18-21-10-11-23(32)31(17-20-8-2-4-13-27-20)25(21)29-24(28-18)22-9-3-5-14-30(22)16-19-7-6-12-26-15-19/h2,4,6-8,12-13,15,22H,3,5,9-11,14,16-17H2,1H3. The van der Waals surface area contributed by atoms with Crippen LogP contribution >= 0.6 is 0 Å². The van der Waals surface area contributed by atoms with E-state index in [1.165, 1.54) is 12.0 Å². The van der Waals surface area contributed by atoms with Crippen LogP contribution < -0.4 is 4.90 Å². The van der Waals surface area contributed by atoms with E-state index in [2.05, 4.69) is 20.9 Å². The van der Waals surface area contributed by atoms with E-state index in [9.17, 15) is 4.79 Å². The smallest absolute Gasteiger partial charge is 0.228 e. The molecule has 1 saturated heterocycles. The molecule has 7 nitrogen and oxygen atoms in total. The highest BCUT2D eigenvalue weighted by Gasteiger charge is 2.32. The van der Waals surface area contributed by atoms with Crippen LogP contribution in [0.1, 0.15) is 60.1 Å². The van der Waals surface area contributed by atoms with Gasteiger partial charge in [0.15, 0.2) is 0 Å². The topological polar surface area (TPSA) is 75.1 Å². The van der Waals surface area contributed by atoms with Crippen molar-refractivity contribution < 1.29 is 4.79 Å². The Morgan fingerprint density at radius 2 is 1.97 bits per heavy atom. The molecule has 2 aliphatic heterocycles.